The van der Waals surface area contributed by atoms with Crippen molar-refractivity contribution >= 4 is 0 Å². The maximum atomic E-state index is 5.10. The van der Waals surface area contributed by atoms with Crippen LogP contribution in [0.4, 0.5) is 0 Å². The van der Waals surface area contributed by atoms with E-state index >= 15 is 0 Å². The minimum absolute atomic E-state index is 0.827. The Morgan fingerprint density at radius 2 is 1.58 bits per heavy atom. The number of ether oxygens (including phenoxy) is 1. The van der Waals surface area contributed by atoms with Crippen LogP contribution in [0.15, 0.2) is 0 Å². The Bertz CT molecular complexity index is 69.5. The lowest BCUT2D eigenvalue weighted by molar-refractivity contribution is 0.129. The van der Waals surface area contributed by atoms with Crippen LogP contribution >= 0.6 is 0 Å². The average Bonchev–Trinajstić information content (AvgIpc) is 1.86. The van der Waals surface area contributed by atoms with Crippen molar-refractivity contribution in [3.63, 3.8) is 0 Å². The largest absolute Gasteiger partial charge is 0.380 e. The molecule has 0 aliphatic carbocycles. The van der Waals surface area contributed by atoms with E-state index < -0.39 is 0 Å². The van der Waals surface area contributed by atoms with Crippen LogP contribution in [0.5, 0.6) is 0 Å². The van der Waals surface area contributed by atoms with Gasteiger partial charge in [0.1, 0.15) is 0 Å². The molecule has 0 aromatic rings. The molecule has 12 heavy (non-hydrogen) atoms. The maximum absolute atomic E-state index is 5.10. The number of rotatable bonds is 4. The van der Waals surface area contributed by atoms with Crippen molar-refractivity contribution < 1.29 is 4.74 Å². The third-order valence-electron chi connectivity index (χ3n) is 0.887. The fourth-order valence-corrected chi connectivity index (χ4v) is 0.391. The van der Waals surface area contributed by atoms with Crippen molar-refractivity contribution in [2.45, 2.75) is 27.7 Å². The van der Waals surface area contributed by atoms with E-state index in [0.29, 0.717) is 0 Å². The molecule has 0 spiro atoms. The maximum Gasteiger partial charge on any atom is 0.0593 e. The highest BCUT2D eigenvalue weighted by Crippen LogP contribution is 1.81. The molecule has 2 heteroatoms. The lowest BCUT2D eigenvalue weighted by Gasteiger charge is -2.07. The molecule has 2 nitrogen and oxygen atoms in total. The normalized spacial score (nSPS) is 10.0. The second-order valence-electron chi connectivity index (χ2n) is 3.73. The van der Waals surface area contributed by atoms with Crippen LogP contribution in [0.2, 0.25) is 0 Å². The Hall–Kier alpha value is -0.0800. The fourth-order valence-electron chi connectivity index (χ4n) is 0.391. The van der Waals surface area contributed by atoms with Gasteiger partial charge in [-0.05, 0) is 26.9 Å². The molecular formula is C10H25NO. The molecule has 0 rings (SSSR count). The zero-order valence-electron chi connectivity index (χ0n) is 9.55. The summed E-state index contributed by atoms with van der Waals surface area (Å²) in [4.78, 5) is 2.11. The number of hydrogen-bond acceptors (Lipinski definition) is 2. The third-order valence-corrected chi connectivity index (χ3v) is 0.887. The van der Waals surface area contributed by atoms with E-state index in [1.54, 1.807) is 0 Å². The molecule has 0 aromatic heterocycles. The molecule has 0 saturated heterocycles. The molecule has 0 atom stereocenters. The van der Waals surface area contributed by atoms with Crippen molar-refractivity contribution in [3.05, 3.63) is 0 Å². The second kappa shape index (κ2) is 10.9. The molecule has 0 N–H and O–H groups in total. The molecule has 0 aromatic carbocycles. The first kappa shape index (κ1) is 14.4. The highest BCUT2D eigenvalue weighted by molar-refractivity contribution is 4.37. The topological polar surface area (TPSA) is 12.5 Å². The second-order valence-corrected chi connectivity index (χ2v) is 3.73. The summed E-state index contributed by atoms with van der Waals surface area (Å²) in [6.07, 6.45) is 0. The van der Waals surface area contributed by atoms with Gasteiger partial charge < -0.3 is 9.64 Å². The standard InChI is InChI=1S/C6H15NO.C4H10/c1-4-8-6-5-7(2)3;1-4(2)3/h4-6H2,1-3H3;4H,1-3H3. The van der Waals surface area contributed by atoms with E-state index in [9.17, 15) is 0 Å². The Balaban J connectivity index is 0. The van der Waals surface area contributed by atoms with E-state index in [-0.39, 0.29) is 0 Å². The van der Waals surface area contributed by atoms with Gasteiger partial charge in [0, 0.05) is 13.2 Å². The van der Waals surface area contributed by atoms with Gasteiger partial charge in [-0.3, -0.25) is 0 Å². The smallest absolute Gasteiger partial charge is 0.0593 e. The molecule has 0 amide bonds. The predicted octanol–water partition coefficient (Wildman–Crippen LogP) is 2.25. The molecule has 0 saturated carbocycles. The first-order valence-electron chi connectivity index (χ1n) is 4.73. The lowest BCUT2D eigenvalue weighted by atomic mass is 10.3. The highest BCUT2D eigenvalue weighted by Gasteiger charge is 1.85. The fraction of sp³-hybridized carbons (Fsp3) is 1.00. The Kier molecular flexibility index (Phi) is 13.1. The van der Waals surface area contributed by atoms with Gasteiger partial charge in [-0.15, -0.1) is 0 Å². The van der Waals surface area contributed by atoms with Gasteiger partial charge in [-0.2, -0.15) is 0 Å². The number of nitrogens with zero attached hydrogens (tertiary/aromatic N) is 1. The molecule has 0 aliphatic heterocycles. The Morgan fingerprint density at radius 1 is 1.17 bits per heavy atom. The van der Waals surface area contributed by atoms with Gasteiger partial charge in [0.15, 0.2) is 0 Å². The van der Waals surface area contributed by atoms with Gasteiger partial charge in [-0.1, -0.05) is 20.8 Å². The van der Waals surface area contributed by atoms with Gasteiger partial charge in [-0.25, -0.2) is 0 Å². The van der Waals surface area contributed by atoms with E-state index in [1.807, 2.05) is 21.0 Å². The van der Waals surface area contributed by atoms with E-state index in [4.69, 9.17) is 4.74 Å². The highest BCUT2D eigenvalue weighted by atomic mass is 16.5. The first-order valence-corrected chi connectivity index (χ1v) is 4.73. The lowest BCUT2D eigenvalue weighted by Crippen LogP contribution is -2.17. The summed E-state index contributed by atoms with van der Waals surface area (Å²) in [5, 5.41) is 0. The molecule has 0 aliphatic rings. The molecule has 76 valence electrons. The van der Waals surface area contributed by atoms with Crippen LogP contribution in [-0.2, 0) is 4.74 Å². The van der Waals surface area contributed by atoms with E-state index in [0.717, 1.165) is 25.7 Å². The van der Waals surface area contributed by atoms with E-state index in [1.165, 1.54) is 0 Å². The summed E-state index contributed by atoms with van der Waals surface area (Å²) in [6.45, 7) is 11.2. The molecular weight excluding hydrogens is 150 g/mol. The summed E-state index contributed by atoms with van der Waals surface area (Å²) in [5.41, 5.74) is 0. The van der Waals surface area contributed by atoms with Crippen molar-refractivity contribution in [3.8, 4) is 0 Å². The molecule has 0 bridgehead atoms. The zero-order chi connectivity index (χ0) is 9.98. The minimum atomic E-state index is 0.827. The first-order chi connectivity index (χ1) is 5.50. The summed E-state index contributed by atoms with van der Waals surface area (Å²) in [6, 6.07) is 0. The third kappa shape index (κ3) is 32.6. The molecule has 0 fully saturated rings. The summed E-state index contributed by atoms with van der Waals surface area (Å²) in [7, 11) is 4.08. The van der Waals surface area contributed by atoms with Crippen LogP contribution < -0.4 is 0 Å². The van der Waals surface area contributed by atoms with Gasteiger partial charge in [0.2, 0.25) is 0 Å². The van der Waals surface area contributed by atoms with Crippen LogP contribution in [0.25, 0.3) is 0 Å². The molecule has 0 unspecified atom stereocenters. The molecule has 0 heterocycles. The molecule has 0 radical (unpaired) electrons. The van der Waals surface area contributed by atoms with Gasteiger partial charge >= 0.3 is 0 Å². The summed E-state index contributed by atoms with van der Waals surface area (Å²) in [5.74, 6) is 0.833. The monoisotopic (exact) mass is 175 g/mol. The summed E-state index contributed by atoms with van der Waals surface area (Å²) < 4.78 is 5.10. The Morgan fingerprint density at radius 3 is 1.83 bits per heavy atom. The van der Waals surface area contributed by atoms with Crippen molar-refractivity contribution in [1.29, 1.82) is 0 Å². The van der Waals surface area contributed by atoms with Crippen LogP contribution in [0.1, 0.15) is 27.7 Å². The van der Waals surface area contributed by atoms with Gasteiger partial charge in [0.05, 0.1) is 6.61 Å². The SMILES string of the molecule is CC(C)C.CCOCCN(C)C. The predicted molar refractivity (Wildman–Crippen MR) is 55.6 cm³/mol. The van der Waals surface area contributed by atoms with Gasteiger partial charge in [0.25, 0.3) is 0 Å². The summed E-state index contributed by atoms with van der Waals surface area (Å²) >= 11 is 0. The quantitative estimate of drug-likeness (QED) is 0.608. The average molecular weight is 175 g/mol. The zero-order valence-corrected chi connectivity index (χ0v) is 9.55. The van der Waals surface area contributed by atoms with Crippen molar-refractivity contribution in [1.82, 2.24) is 4.90 Å². The number of hydrogen-bond donors (Lipinski definition) is 0. The van der Waals surface area contributed by atoms with E-state index in [2.05, 4.69) is 25.7 Å². The van der Waals surface area contributed by atoms with Crippen LogP contribution in [-0.4, -0.2) is 38.8 Å². The minimum Gasteiger partial charge on any atom is -0.380 e. The Labute approximate surface area is 77.9 Å². The van der Waals surface area contributed by atoms with Crippen molar-refractivity contribution in [2.75, 3.05) is 33.9 Å². The van der Waals surface area contributed by atoms with Crippen LogP contribution in [0.3, 0.4) is 0 Å². The van der Waals surface area contributed by atoms with Crippen molar-refractivity contribution in [2.24, 2.45) is 5.92 Å². The number of likely N-dealkylation sites (N-methyl/N-ethyl adjacent to an activating group) is 1. The van der Waals surface area contributed by atoms with Crippen LogP contribution in [0, 0.1) is 5.92 Å².